The predicted molar refractivity (Wildman–Crippen MR) is 97.3 cm³/mol. The molecular weight excluding hydrogens is 334 g/mol. The fourth-order valence-corrected chi connectivity index (χ4v) is 2.64. The number of amides is 3. The van der Waals surface area contributed by atoms with Crippen LogP contribution in [0.1, 0.15) is 35.6 Å². The van der Waals surface area contributed by atoms with Crippen LogP contribution in [0.4, 0.5) is 4.79 Å². The number of nitrogens with zero attached hydrogens (tertiary/aromatic N) is 1. The predicted octanol–water partition coefficient (Wildman–Crippen LogP) is 2.49. The Bertz CT molecular complexity index is 812. The van der Waals surface area contributed by atoms with Gasteiger partial charge in [-0.05, 0) is 45.9 Å². The van der Waals surface area contributed by atoms with Gasteiger partial charge in [-0.1, -0.05) is 18.2 Å². The zero-order valence-corrected chi connectivity index (χ0v) is 15.3. The Morgan fingerprint density at radius 1 is 1.15 bits per heavy atom. The Labute approximate surface area is 152 Å². The summed E-state index contributed by atoms with van der Waals surface area (Å²) >= 11 is 0. The minimum absolute atomic E-state index is 0.379. The molecule has 7 nitrogen and oxygen atoms in total. The van der Waals surface area contributed by atoms with Gasteiger partial charge in [-0.2, -0.15) is 0 Å². The Morgan fingerprint density at radius 3 is 2.42 bits per heavy atom. The van der Waals surface area contributed by atoms with E-state index in [1.54, 1.807) is 13.0 Å². The number of ether oxygens (including phenoxy) is 1. The van der Waals surface area contributed by atoms with Crippen molar-refractivity contribution in [1.82, 2.24) is 15.2 Å². The average molecular weight is 357 g/mol. The van der Waals surface area contributed by atoms with Gasteiger partial charge in [0.25, 0.3) is 5.91 Å². The second-order valence-electron chi connectivity index (χ2n) is 5.85. The van der Waals surface area contributed by atoms with Crippen molar-refractivity contribution in [2.75, 3.05) is 6.54 Å². The number of rotatable bonds is 5. The number of aryl methyl sites for hydroxylation is 1. The summed E-state index contributed by atoms with van der Waals surface area (Å²) in [7, 11) is 0. The first kappa shape index (κ1) is 19.2. The molecule has 0 aliphatic heterocycles. The number of benzene rings is 1. The van der Waals surface area contributed by atoms with Crippen LogP contribution in [0.3, 0.4) is 0 Å². The second-order valence-corrected chi connectivity index (χ2v) is 5.85. The third kappa shape index (κ3) is 4.30. The van der Waals surface area contributed by atoms with Crippen LogP contribution in [0.15, 0.2) is 36.4 Å². The lowest BCUT2D eigenvalue weighted by Gasteiger charge is -2.13. The minimum atomic E-state index is -1.09. The molecule has 0 fully saturated rings. The van der Waals surface area contributed by atoms with E-state index in [0.29, 0.717) is 12.1 Å². The van der Waals surface area contributed by atoms with Crippen LogP contribution in [0.2, 0.25) is 0 Å². The third-order valence-electron chi connectivity index (χ3n) is 3.89. The second kappa shape index (κ2) is 8.33. The zero-order chi connectivity index (χ0) is 19.3. The molecule has 2 rings (SSSR count). The standard InChI is InChI=1S/C19H23N3O4/c1-5-20-19(25)21-17(23)14(4)26-18(24)16-11-12(2)22(13(16)3)15-9-7-6-8-10-15/h6-11,14H,5H2,1-4H3,(H2,20,21,23,25). The maximum absolute atomic E-state index is 12.5. The van der Waals surface area contributed by atoms with Crippen molar-refractivity contribution in [3.63, 3.8) is 0 Å². The number of hydrogen-bond donors (Lipinski definition) is 2. The summed E-state index contributed by atoms with van der Waals surface area (Å²) in [4.78, 5) is 35.8. The number of imide groups is 1. The molecule has 2 aromatic rings. The van der Waals surface area contributed by atoms with Gasteiger partial charge in [0.05, 0.1) is 5.56 Å². The number of esters is 1. The molecule has 7 heteroatoms. The van der Waals surface area contributed by atoms with Crippen LogP contribution in [0, 0.1) is 13.8 Å². The highest BCUT2D eigenvalue weighted by Crippen LogP contribution is 2.21. The molecule has 0 aliphatic rings. The van der Waals surface area contributed by atoms with Gasteiger partial charge < -0.3 is 14.6 Å². The molecule has 26 heavy (non-hydrogen) atoms. The van der Waals surface area contributed by atoms with E-state index in [0.717, 1.165) is 17.1 Å². The van der Waals surface area contributed by atoms with E-state index in [1.165, 1.54) is 6.92 Å². The van der Waals surface area contributed by atoms with Gasteiger partial charge in [-0.3, -0.25) is 10.1 Å². The monoisotopic (exact) mass is 357 g/mol. The highest BCUT2D eigenvalue weighted by atomic mass is 16.5. The Balaban J connectivity index is 2.13. The maximum Gasteiger partial charge on any atom is 0.340 e. The topological polar surface area (TPSA) is 89.4 Å². The van der Waals surface area contributed by atoms with Crippen molar-refractivity contribution in [3.05, 3.63) is 53.3 Å². The van der Waals surface area contributed by atoms with Gasteiger partial charge in [0.2, 0.25) is 0 Å². The molecule has 1 unspecified atom stereocenters. The largest absolute Gasteiger partial charge is 0.449 e. The van der Waals surface area contributed by atoms with Crippen molar-refractivity contribution >= 4 is 17.9 Å². The van der Waals surface area contributed by atoms with E-state index in [4.69, 9.17) is 4.74 Å². The zero-order valence-electron chi connectivity index (χ0n) is 15.3. The summed E-state index contributed by atoms with van der Waals surface area (Å²) in [5.41, 5.74) is 2.91. The van der Waals surface area contributed by atoms with Gasteiger partial charge in [0, 0.05) is 23.6 Å². The summed E-state index contributed by atoms with van der Waals surface area (Å²) in [6.45, 7) is 7.25. The van der Waals surface area contributed by atoms with Gasteiger partial charge in [0.15, 0.2) is 6.10 Å². The highest BCUT2D eigenvalue weighted by molar-refractivity contribution is 5.98. The van der Waals surface area contributed by atoms with Gasteiger partial charge in [-0.15, -0.1) is 0 Å². The molecular formula is C19H23N3O4. The Kier molecular flexibility index (Phi) is 6.16. The molecule has 1 aromatic carbocycles. The number of carbonyl (C=O) groups excluding carboxylic acids is 3. The molecule has 0 aliphatic carbocycles. The number of hydrogen-bond acceptors (Lipinski definition) is 4. The van der Waals surface area contributed by atoms with E-state index in [-0.39, 0.29) is 0 Å². The highest BCUT2D eigenvalue weighted by Gasteiger charge is 2.23. The van der Waals surface area contributed by atoms with Crippen molar-refractivity contribution in [2.45, 2.75) is 33.8 Å². The fourth-order valence-electron chi connectivity index (χ4n) is 2.64. The van der Waals surface area contributed by atoms with Crippen molar-refractivity contribution in [2.24, 2.45) is 0 Å². The van der Waals surface area contributed by atoms with Crippen molar-refractivity contribution in [1.29, 1.82) is 0 Å². The van der Waals surface area contributed by atoms with E-state index in [9.17, 15) is 14.4 Å². The normalized spacial score (nSPS) is 11.5. The molecule has 3 amide bonds. The Hall–Kier alpha value is -3.09. The van der Waals surface area contributed by atoms with E-state index in [2.05, 4.69) is 10.6 Å². The molecule has 0 saturated heterocycles. The number of aromatic nitrogens is 1. The molecule has 2 N–H and O–H groups in total. The van der Waals surface area contributed by atoms with Crippen molar-refractivity contribution < 1.29 is 19.1 Å². The summed E-state index contributed by atoms with van der Waals surface area (Å²) < 4.78 is 7.16. The van der Waals surface area contributed by atoms with Crippen LogP contribution in [-0.4, -0.2) is 35.1 Å². The van der Waals surface area contributed by atoms with Crippen LogP contribution < -0.4 is 10.6 Å². The van der Waals surface area contributed by atoms with Crippen LogP contribution in [0.5, 0.6) is 0 Å². The van der Waals surface area contributed by atoms with Crippen LogP contribution >= 0.6 is 0 Å². The summed E-state index contributed by atoms with van der Waals surface area (Å²) in [6, 6.07) is 10.7. The lowest BCUT2D eigenvalue weighted by Crippen LogP contribution is -2.44. The summed E-state index contributed by atoms with van der Waals surface area (Å²) in [6.07, 6.45) is -1.09. The fraction of sp³-hybridized carbons (Fsp3) is 0.316. The van der Waals surface area contributed by atoms with E-state index < -0.39 is 24.0 Å². The average Bonchev–Trinajstić information content (AvgIpc) is 2.90. The lowest BCUT2D eigenvalue weighted by molar-refractivity contribution is -0.127. The number of nitrogens with one attached hydrogen (secondary N) is 2. The third-order valence-corrected chi connectivity index (χ3v) is 3.89. The smallest absolute Gasteiger partial charge is 0.340 e. The molecule has 0 saturated carbocycles. The molecule has 0 bridgehead atoms. The molecule has 1 heterocycles. The minimum Gasteiger partial charge on any atom is -0.449 e. The number of para-hydroxylation sites is 1. The quantitative estimate of drug-likeness (QED) is 0.805. The van der Waals surface area contributed by atoms with E-state index in [1.807, 2.05) is 48.7 Å². The van der Waals surface area contributed by atoms with Crippen molar-refractivity contribution in [3.8, 4) is 5.69 Å². The first-order chi connectivity index (χ1) is 12.3. The van der Waals surface area contributed by atoms with Crippen LogP contribution in [0.25, 0.3) is 5.69 Å². The molecule has 0 radical (unpaired) electrons. The van der Waals surface area contributed by atoms with Gasteiger partial charge >= 0.3 is 12.0 Å². The van der Waals surface area contributed by atoms with Gasteiger partial charge in [0.1, 0.15) is 0 Å². The number of urea groups is 1. The molecule has 138 valence electrons. The Morgan fingerprint density at radius 2 is 1.81 bits per heavy atom. The number of carbonyl (C=O) groups is 3. The SMILES string of the molecule is CCNC(=O)NC(=O)C(C)OC(=O)c1cc(C)n(-c2ccccc2)c1C. The molecule has 1 aromatic heterocycles. The summed E-state index contributed by atoms with van der Waals surface area (Å²) in [5, 5.41) is 4.56. The first-order valence-electron chi connectivity index (χ1n) is 8.39. The van der Waals surface area contributed by atoms with Crippen LogP contribution in [-0.2, 0) is 9.53 Å². The maximum atomic E-state index is 12.5. The lowest BCUT2D eigenvalue weighted by atomic mass is 10.2. The van der Waals surface area contributed by atoms with E-state index >= 15 is 0 Å². The van der Waals surface area contributed by atoms with Gasteiger partial charge in [-0.25, -0.2) is 9.59 Å². The molecule has 0 spiro atoms. The molecule has 1 atom stereocenters. The summed E-state index contributed by atoms with van der Waals surface area (Å²) in [5.74, 6) is -1.29. The first-order valence-corrected chi connectivity index (χ1v) is 8.39.